The van der Waals surface area contributed by atoms with Gasteiger partial charge in [0.05, 0.1) is 12.8 Å². The number of aliphatic hydroxyl groups is 1. The van der Waals surface area contributed by atoms with Crippen molar-refractivity contribution in [2.24, 2.45) is 0 Å². The maximum atomic E-state index is 12.3. The van der Waals surface area contributed by atoms with E-state index in [9.17, 15) is 9.90 Å². The van der Waals surface area contributed by atoms with Crippen molar-refractivity contribution in [3.63, 3.8) is 0 Å². The van der Waals surface area contributed by atoms with Gasteiger partial charge in [-0.2, -0.15) is 4.98 Å². The molecule has 1 aliphatic heterocycles. The Labute approximate surface area is 128 Å². The average molecular weight is 298 g/mol. The first kappa shape index (κ1) is 14.5. The van der Waals surface area contributed by atoms with Crippen LogP contribution in [0, 0.1) is 0 Å². The first-order chi connectivity index (χ1) is 10.5. The summed E-state index contributed by atoms with van der Waals surface area (Å²) in [5.41, 5.74) is 0.746. The van der Waals surface area contributed by atoms with E-state index < -0.39 is 11.3 Å². The molecule has 114 valence electrons. The number of ether oxygens (including phenoxy) is 1. The second kappa shape index (κ2) is 5.10. The van der Waals surface area contributed by atoms with Crippen molar-refractivity contribution in [3.05, 3.63) is 64.2 Å². The van der Waals surface area contributed by atoms with Crippen LogP contribution < -0.4 is 10.4 Å². The van der Waals surface area contributed by atoms with Gasteiger partial charge in [-0.1, -0.05) is 43.8 Å². The Hall–Kier alpha value is -2.40. The molecule has 1 N–H and O–H groups in total. The monoisotopic (exact) mass is 298 g/mol. The molecule has 1 aromatic carbocycles. The number of hydrogen-bond donors (Lipinski definition) is 1. The van der Waals surface area contributed by atoms with Crippen molar-refractivity contribution in [1.29, 1.82) is 0 Å². The van der Waals surface area contributed by atoms with E-state index in [-0.39, 0.29) is 12.3 Å². The zero-order valence-corrected chi connectivity index (χ0v) is 12.7. The Bertz CT molecular complexity index is 796. The lowest BCUT2D eigenvalue weighted by molar-refractivity contribution is 0.0890. The predicted octanol–water partition coefficient (Wildman–Crippen LogP) is 1.92. The molecule has 1 atom stereocenters. The van der Waals surface area contributed by atoms with Crippen LogP contribution in [0.1, 0.15) is 30.2 Å². The van der Waals surface area contributed by atoms with Gasteiger partial charge in [0.25, 0.3) is 0 Å². The Kier molecular flexibility index (Phi) is 3.37. The van der Waals surface area contributed by atoms with Gasteiger partial charge >= 0.3 is 5.69 Å². The molecule has 5 heteroatoms. The fourth-order valence-electron chi connectivity index (χ4n) is 3.16. The Morgan fingerprint density at radius 2 is 2.09 bits per heavy atom. The van der Waals surface area contributed by atoms with Gasteiger partial charge in [0.2, 0.25) is 5.88 Å². The highest BCUT2D eigenvalue weighted by atomic mass is 16.5. The molecule has 0 aliphatic carbocycles. The van der Waals surface area contributed by atoms with E-state index in [4.69, 9.17) is 4.74 Å². The molecular formula is C17H18N2O3. The fourth-order valence-corrected chi connectivity index (χ4v) is 3.16. The summed E-state index contributed by atoms with van der Waals surface area (Å²) in [5.74, 6) is 0.266. The van der Waals surface area contributed by atoms with Crippen LogP contribution >= 0.6 is 0 Å². The number of fused-ring (bicyclic) bond motifs is 1. The van der Waals surface area contributed by atoms with Crippen molar-refractivity contribution in [2.45, 2.75) is 25.4 Å². The SMILES string of the molecule is C=C1C[C@](O)(c2ccccc2)c2c(CC)c(OC)nc(=O)n21. The van der Waals surface area contributed by atoms with Gasteiger partial charge in [-0.25, -0.2) is 4.79 Å². The van der Waals surface area contributed by atoms with Crippen LogP contribution in [0.25, 0.3) is 5.70 Å². The highest BCUT2D eigenvalue weighted by molar-refractivity contribution is 5.59. The zero-order valence-electron chi connectivity index (χ0n) is 12.7. The quantitative estimate of drug-likeness (QED) is 0.940. The van der Waals surface area contributed by atoms with Crippen LogP contribution in [0.5, 0.6) is 5.88 Å². The van der Waals surface area contributed by atoms with Crippen LogP contribution in [0.15, 0.2) is 41.7 Å². The molecule has 22 heavy (non-hydrogen) atoms. The van der Waals surface area contributed by atoms with E-state index in [1.54, 1.807) is 0 Å². The summed E-state index contributed by atoms with van der Waals surface area (Å²) in [7, 11) is 1.48. The van der Waals surface area contributed by atoms with Crippen LogP contribution in [0.2, 0.25) is 0 Å². The molecule has 0 saturated heterocycles. The molecule has 0 radical (unpaired) electrons. The molecule has 0 bridgehead atoms. The Morgan fingerprint density at radius 1 is 1.41 bits per heavy atom. The van der Waals surface area contributed by atoms with Crippen molar-refractivity contribution in [2.75, 3.05) is 7.11 Å². The molecule has 0 unspecified atom stereocenters. The number of hydrogen-bond acceptors (Lipinski definition) is 4. The van der Waals surface area contributed by atoms with E-state index in [0.29, 0.717) is 17.8 Å². The first-order valence-corrected chi connectivity index (χ1v) is 7.19. The lowest BCUT2D eigenvalue weighted by Crippen LogP contribution is -2.31. The molecule has 1 aliphatic rings. The van der Waals surface area contributed by atoms with Crippen molar-refractivity contribution in [3.8, 4) is 5.88 Å². The smallest absolute Gasteiger partial charge is 0.355 e. The molecule has 1 aromatic heterocycles. The van der Waals surface area contributed by atoms with Crippen molar-refractivity contribution < 1.29 is 9.84 Å². The summed E-state index contributed by atoms with van der Waals surface area (Å²) in [6.07, 6.45) is 0.850. The van der Waals surface area contributed by atoms with E-state index in [1.807, 2.05) is 37.3 Å². The molecule has 0 saturated carbocycles. The summed E-state index contributed by atoms with van der Waals surface area (Å²) in [4.78, 5) is 16.2. The Morgan fingerprint density at radius 3 is 2.68 bits per heavy atom. The normalized spacial score (nSPS) is 20.0. The standard InChI is InChI=1S/C17H18N2O3/c1-4-13-14-17(21,12-8-6-5-7-9-12)10-11(2)19(14)16(20)18-15(13)22-3/h5-9,21H,2,4,10H2,1,3H3/t17-/m0/s1. The molecule has 0 spiro atoms. The number of rotatable bonds is 3. The molecule has 2 heterocycles. The third kappa shape index (κ3) is 1.89. The first-order valence-electron chi connectivity index (χ1n) is 7.19. The van der Waals surface area contributed by atoms with E-state index in [1.165, 1.54) is 11.7 Å². The third-order valence-corrected chi connectivity index (χ3v) is 4.12. The topological polar surface area (TPSA) is 64.3 Å². The maximum absolute atomic E-state index is 12.3. The molecular weight excluding hydrogens is 280 g/mol. The number of nitrogens with zero attached hydrogens (tertiary/aromatic N) is 2. The molecule has 0 fully saturated rings. The second-order valence-corrected chi connectivity index (χ2v) is 5.39. The van der Waals surface area contributed by atoms with Crippen LogP contribution in [-0.4, -0.2) is 21.8 Å². The lowest BCUT2D eigenvalue weighted by atomic mass is 9.86. The largest absolute Gasteiger partial charge is 0.481 e. The van der Waals surface area contributed by atoms with Gasteiger partial charge < -0.3 is 9.84 Å². The summed E-state index contributed by atoms with van der Waals surface area (Å²) < 4.78 is 6.65. The predicted molar refractivity (Wildman–Crippen MR) is 83.8 cm³/mol. The molecule has 0 amide bonds. The summed E-state index contributed by atoms with van der Waals surface area (Å²) in [5, 5.41) is 11.3. The fraction of sp³-hybridized carbons (Fsp3) is 0.294. The number of aromatic nitrogens is 2. The average Bonchev–Trinajstić information content (AvgIpc) is 2.81. The van der Waals surface area contributed by atoms with Gasteiger partial charge in [0, 0.05) is 17.7 Å². The van der Waals surface area contributed by atoms with Crippen molar-refractivity contribution in [1.82, 2.24) is 9.55 Å². The maximum Gasteiger partial charge on any atom is 0.355 e. The van der Waals surface area contributed by atoms with Gasteiger partial charge in [-0.15, -0.1) is 0 Å². The van der Waals surface area contributed by atoms with Crippen molar-refractivity contribution >= 4 is 5.70 Å². The van der Waals surface area contributed by atoms with E-state index in [2.05, 4.69) is 11.6 Å². The second-order valence-electron chi connectivity index (χ2n) is 5.39. The number of methoxy groups -OCH3 is 1. The van der Waals surface area contributed by atoms with Gasteiger partial charge in [0.15, 0.2) is 0 Å². The molecule has 5 nitrogen and oxygen atoms in total. The number of benzene rings is 1. The molecule has 2 aromatic rings. The summed E-state index contributed by atoms with van der Waals surface area (Å²) in [6.45, 7) is 5.87. The van der Waals surface area contributed by atoms with Gasteiger partial charge in [0.1, 0.15) is 5.60 Å². The highest BCUT2D eigenvalue weighted by Gasteiger charge is 2.44. The minimum absolute atomic E-state index is 0.258. The molecule has 3 rings (SSSR count). The van der Waals surface area contributed by atoms with E-state index >= 15 is 0 Å². The van der Waals surface area contributed by atoms with Crippen LogP contribution in [0.3, 0.4) is 0 Å². The van der Waals surface area contributed by atoms with Crippen LogP contribution in [0.4, 0.5) is 0 Å². The minimum atomic E-state index is -1.29. The minimum Gasteiger partial charge on any atom is -0.481 e. The van der Waals surface area contributed by atoms with Crippen LogP contribution in [-0.2, 0) is 12.0 Å². The highest BCUT2D eigenvalue weighted by Crippen LogP contribution is 2.44. The van der Waals surface area contributed by atoms with Gasteiger partial charge in [-0.05, 0) is 12.0 Å². The third-order valence-electron chi connectivity index (χ3n) is 4.12. The zero-order chi connectivity index (χ0) is 15.9. The summed E-state index contributed by atoms with van der Waals surface area (Å²) >= 11 is 0. The van der Waals surface area contributed by atoms with E-state index in [0.717, 1.165) is 11.1 Å². The Balaban J connectivity index is 2.38. The summed E-state index contributed by atoms with van der Waals surface area (Å²) in [6, 6.07) is 9.30. The lowest BCUT2D eigenvalue weighted by Gasteiger charge is -2.25. The van der Waals surface area contributed by atoms with Gasteiger partial charge in [-0.3, -0.25) is 4.57 Å².